The minimum atomic E-state index is -1.27. The average molecular weight is 895 g/mol. The van der Waals surface area contributed by atoms with Gasteiger partial charge in [-0.3, -0.25) is 28.8 Å². The number of hydrogen-bond acceptors (Lipinski definition) is 10. The van der Waals surface area contributed by atoms with Crippen molar-refractivity contribution in [2.75, 3.05) is 12.0 Å². The Balaban J connectivity index is 1.41. The van der Waals surface area contributed by atoms with Gasteiger partial charge >= 0.3 is 0 Å². The van der Waals surface area contributed by atoms with Crippen LogP contribution < -0.4 is 38.1 Å². The quantitative estimate of drug-likeness (QED) is 0.0430. The standard InChI is InChI=1S/C46H58N10O7S/c1-27(2)19-37(43(60)52-36(41(48)58)17-18-64-3)54-46(63)40(23-31-25-49-26-51-31)56-44(61)38(21-28-9-5-4-6-10-28)55-45(62)39(22-30-24-50-35-12-8-7-11-33(30)35)53-42(59)34(47)20-29-13-15-32(57)16-14-29/h4-16,24-27,34,36-40,50,57H,17-23,47H2,1-3H3,(H2,48,58)(H,49,51)(H,52,60)(H,53,59)(H,54,63)(H,55,62)(H,56,61)/t34-,36-,37-,38-,39+,40+/m0/s1. The molecule has 64 heavy (non-hydrogen) atoms. The van der Waals surface area contributed by atoms with Gasteiger partial charge in [0.2, 0.25) is 35.4 Å². The number of fused-ring (bicyclic) bond motifs is 1. The molecule has 0 fully saturated rings. The highest BCUT2D eigenvalue weighted by atomic mass is 32.2. The number of aromatic nitrogens is 3. The average Bonchev–Trinajstić information content (AvgIpc) is 3.95. The number of rotatable bonds is 24. The maximum atomic E-state index is 14.5. The molecule has 2 aromatic heterocycles. The van der Waals surface area contributed by atoms with Crippen molar-refractivity contribution in [1.29, 1.82) is 0 Å². The minimum Gasteiger partial charge on any atom is -0.508 e. The largest absolute Gasteiger partial charge is 0.508 e. The molecule has 5 rings (SSSR count). The number of para-hydroxylation sites is 1. The van der Waals surface area contributed by atoms with Crippen molar-refractivity contribution in [3.63, 3.8) is 0 Å². The van der Waals surface area contributed by atoms with E-state index in [1.54, 1.807) is 42.6 Å². The van der Waals surface area contributed by atoms with Crippen LogP contribution in [0.3, 0.4) is 0 Å². The fraction of sp³-hybridized carbons (Fsp3) is 0.370. The zero-order valence-corrected chi connectivity index (χ0v) is 37.0. The molecule has 6 amide bonds. The first-order valence-electron chi connectivity index (χ1n) is 21.1. The summed E-state index contributed by atoms with van der Waals surface area (Å²) in [7, 11) is 0. The summed E-state index contributed by atoms with van der Waals surface area (Å²) >= 11 is 1.49. The normalized spacial score (nSPS) is 14.1. The van der Waals surface area contributed by atoms with Gasteiger partial charge in [-0.15, -0.1) is 0 Å². The predicted octanol–water partition coefficient (Wildman–Crippen LogP) is 1.90. The first kappa shape index (κ1) is 48.4. The number of aromatic hydroxyl groups is 1. The van der Waals surface area contributed by atoms with Crippen LogP contribution in [-0.2, 0) is 54.5 Å². The van der Waals surface area contributed by atoms with E-state index in [2.05, 4.69) is 41.5 Å². The summed E-state index contributed by atoms with van der Waals surface area (Å²) < 4.78 is 0. The Kier molecular flexibility index (Phi) is 17.9. The van der Waals surface area contributed by atoms with Gasteiger partial charge in [-0.05, 0) is 72.1 Å². The van der Waals surface area contributed by atoms with Gasteiger partial charge in [-0.25, -0.2) is 4.98 Å². The molecular formula is C46H58N10O7S. The summed E-state index contributed by atoms with van der Waals surface area (Å²) in [6, 6.07) is 15.9. The van der Waals surface area contributed by atoms with Crippen LogP contribution in [0.2, 0.25) is 0 Å². The third-order valence-electron chi connectivity index (χ3n) is 10.6. The molecule has 0 aliphatic carbocycles. The number of amides is 6. The Morgan fingerprint density at radius 3 is 1.86 bits per heavy atom. The van der Waals surface area contributed by atoms with Crippen molar-refractivity contribution in [1.82, 2.24) is 41.5 Å². The van der Waals surface area contributed by atoms with Gasteiger partial charge in [-0.1, -0.05) is 74.5 Å². The predicted molar refractivity (Wildman–Crippen MR) is 246 cm³/mol. The lowest BCUT2D eigenvalue weighted by Gasteiger charge is -2.28. The number of carbonyl (C=O) groups excluding carboxylic acids is 6. The fourth-order valence-electron chi connectivity index (χ4n) is 7.19. The summed E-state index contributed by atoms with van der Waals surface area (Å²) in [6.45, 7) is 3.76. The number of nitrogens with zero attached hydrogens (tertiary/aromatic N) is 1. The lowest BCUT2D eigenvalue weighted by molar-refractivity contribution is -0.135. The van der Waals surface area contributed by atoms with E-state index >= 15 is 0 Å². The van der Waals surface area contributed by atoms with Crippen LogP contribution in [0, 0.1) is 5.92 Å². The zero-order valence-electron chi connectivity index (χ0n) is 36.1. The Morgan fingerprint density at radius 1 is 0.672 bits per heavy atom. The zero-order chi connectivity index (χ0) is 46.2. The van der Waals surface area contributed by atoms with Gasteiger partial charge in [0.15, 0.2) is 0 Å². The summed E-state index contributed by atoms with van der Waals surface area (Å²) in [6.07, 6.45) is 7.17. The number of nitrogens with one attached hydrogen (secondary N) is 7. The smallest absolute Gasteiger partial charge is 0.243 e. The lowest BCUT2D eigenvalue weighted by atomic mass is 10.00. The number of carbonyl (C=O) groups is 6. The lowest BCUT2D eigenvalue weighted by Crippen LogP contribution is -2.60. The number of nitrogens with two attached hydrogens (primary N) is 2. The molecule has 0 saturated carbocycles. The van der Waals surface area contributed by atoms with Crippen molar-refractivity contribution >= 4 is 58.1 Å². The number of benzene rings is 3. The third-order valence-corrected chi connectivity index (χ3v) is 11.2. The third kappa shape index (κ3) is 14.5. The first-order valence-corrected chi connectivity index (χ1v) is 22.5. The number of primary amides is 1. The molecule has 5 aromatic rings. The number of imidazole rings is 1. The SMILES string of the molecule is CSCC[C@H](NC(=O)[C@H](CC(C)C)NC(=O)[C@@H](Cc1cnc[nH]1)NC(=O)[C@H](Cc1ccccc1)NC(=O)[C@@H](Cc1c[nH]c2ccccc12)NC(=O)[C@@H](N)Cc1ccc(O)cc1)C(N)=O. The molecular weight excluding hydrogens is 837 g/mol. The van der Waals surface area contributed by atoms with E-state index < -0.39 is 71.7 Å². The molecule has 0 unspecified atom stereocenters. The Bertz CT molecular complexity index is 2320. The number of thioether (sulfide) groups is 1. The van der Waals surface area contributed by atoms with E-state index in [0.717, 1.165) is 16.5 Å². The summed E-state index contributed by atoms with van der Waals surface area (Å²) in [5.41, 5.74) is 15.4. The van der Waals surface area contributed by atoms with Crippen LogP contribution in [0.5, 0.6) is 5.75 Å². The van der Waals surface area contributed by atoms with Crippen molar-refractivity contribution in [2.24, 2.45) is 17.4 Å². The monoisotopic (exact) mass is 894 g/mol. The number of aromatic amines is 2. The van der Waals surface area contributed by atoms with Crippen molar-refractivity contribution in [3.8, 4) is 5.75 Å². The summed E-state index contributed by atoms with van der Waals surface area (Å²) in [4.78, 5) is 93.0. The second-order valence-corrected chi connectivity index (χ2v) is 17.1. The van der Waals surface area contributed by atoms with Crippen LogP contribution in [0.15, 0.2) is 97.6 Å². The number of phenols is 1. The maximum absolute atomic E-state index is 14.5. The molecule has 3 aromatic carbocycles. The molecule has 17 nitrogen and oxygen atoms in total. The molecule has 0 bridgehead atoms. The topological polar surface area (TPSA) is 279 Å². The molecule has 18 heteroatoms. The molecule has 0 aliphatic heterocycles. The highest BCUT2D eigenvalue weighted by molar-refractivity contribution is 7.98. The second-order valence-electron chi connectivity index (χ2n) is 16.1. The number of hydrogen-bond donors (Lipinski definition) is 10. The van der Waals surface area contributed by atoms with E-state index in [1.165, 1.54) is 36.4 Å². The second kappa shape index (κ2) is 23.7. The van der Waals surface area contributed by atoms with Gasteiger partial charge in [0.1, 0.15) is 36.0 Å². The Morgan fingerprint density at radius 2 is 1.23 bits per heavy atom. The molecule has 0 spiro atoms. The highest BCUT2D eigenvalue weighted by Gasteiger charge is 2.34. The summed E-state index contributed by atoms with van der Waals surface area (Å²) in [5, 5.41) is 24.5. The van der Waals surface area contributed by atoms with Crippen molar-refractivity contribution in [3.05, 3.63) is 120 Å². The maximum Gasteiger partial charge on any atom is 0.243 e. The van der Waals surface area contributed by atoms with Crippen molar-refractivity contribution < 1.29 is 33.9 Å². The van der Waals surface area contributed by atoms with Crippen LogP contribution in [0.4, 0.5) is 0 Å². The van der Waals surface area contributed by atoms with E-state index in [-0.39, 0.29) is 43.8 Å². The number of phenolic OH excluding ortho intramolecular Hbond substituents is 1. The van der Waals surface area contributed by atoms with Crippen LogP contribution >= 0.6 is 11.8 Å². The van der Waals surface area contributed by atoms with Crippen molar-refractivity contribution in [2.45, 2.75) is 88.6 Å². The molecule has 0 saturated heterocycles. The van der Waals surface area contributed by atoms with E-state index in [9.17, 15) is 33.9 Å². The van der Waals surface area contributed by atoms with E-state index in [1.807, 2.05) is 50.4 Å². The van der Waals surface area contributed by atoms with Crippen LogP contribution in [0.25, 0.3) is 10.9 Å². The Labute approximate surface area is 376 Å². The van der Waals surface area contributed by atoms with E-state index in [0.29, 0.717) is 29.0 Å². The van der Waals surface area contributed by atoms with Crippen LogP contribution in [0.1, 0.15) is 49.1 Å². The fourth-order valence-corrected chi connectivity index (χ4v) is 7.66. The number of H-pyrrole nitrogens is 2. The van der Waals surface area contributed by atoms with Gasteiger partial charge in [0.05, 0.1) is 12.4 Å². The van der Waals surface area contributed by atoms with Crippen LogP contribution in [-0.4, -0.2) is 104 Å². The first-order chi connectivity index (χ1) is 30.7. The molecule has 2 heterocycles. The van der Waals surface area contributed by atoms with Gasteiger partial charge < -0.3 is 53.1 Å². The highest BCUT2D eigenvalue weighted by Crippen LogP contribution is 2.20. The Hall–Kier alpha value is -6.66. The summed E-state index contributed by atoms with van der Waals surface area (Å²) in [5.74, 6) is -3.42. The molecule has 0 aliphatic rings. The molecule has 12 N–H and O–H groups in total. The van der Waals surface area contributed by atoms with Gasteiger partial charge in [-0.2, -0.15) is 11.8 Å². The van der Waals surface area contributed by atoms with Gasteiger partial charge in [0, 0.05) is 48.3 Å². The van der Waals surface area contributed by atoms with E-state index in [4.69, 9.17) is 11.5 Å². The minimum absolute atomic E-state index is 0.00780. The molecule has 6 atom stereocenters. The molecule has 340 valence electrons. The molecule has 0 radical (unpaired) electrons. The van der Waals surface area contributed by atoms with Gasteiger partial charge in [0.25, 0.3) is 0 Å².